The maximum absolute atomic E-state index is 11.9. The molecule has 0 fully saturated rings. The lowest BCUT2D eigenvalue weighted by Gasteiger charge is -2.05. The second-order valence-electron chi connectivity index (χ2n) is 5.22. The zero-order valence-corrected chi connectivity index (χ0v) is 13.2. The molecule has 0 saturated carbocycles. The summed E-state index contributed by atoms with van der Waals surface area (Å²) in [6.45, 7) is 4.28. The van der Waals surface area contributed by atoms with Crippen molar-refractivity contribution >= 4 is 17.5 Å². The van der Waals surface area contributed by atoms with E-state index in [9.17, 15) is 9.59 Å². The van der Waals surface area contributed by atoms with Crippen molar-refractivity contribution in [3.63, 3.8) is 0 Å². The number of carbonyl (C=O) groups is 2. The average molecular weight is 316 g/mol. The van der Waals surface area contributed by atoms with E-state index in [0.717, 1.165) is 12.1 Å². The third kappa shape index (κ3) is 4.91. The molecule has 0 spiro atoms. The fraction of sp³-hybridized carbons (Fsp3) is 0.375. The third-order valence-corrected chi connectivity index (χ3v) is 3.47. The molecule has 2 amide bonds. The smallest absolute Gasteiger partial charge is 0.289 e. The van der Waals surface area contributed by atoms with Gasteiger partial charge in [-0.15, -0.1) is 0 Å². The molecule has 0 bridgehead atoms. The van der Waals surface area contributed by atoms with Gasteiger partial charge >= 0.3 is 0 Å². The van der Waals surface area contributed by atoms with E-state index in [4.69, 9.17) is 4.52 Å². The van der Waals surface area contributed by atoms with E-state index in [1.54, 1.807) is 30.6 Å². The number of nitrogens with zero attached hydrogens (tertiary/aromatic N) is 2. The number of amides is 2. The van der Waals surface area contributed by atoms with Crippen molar-refractivity contribution in [2.24, 2.45) is 0 Å². The van der Waals surface area contributed by atoms with E-state index in [1.807, 2.05) is 13.8 Å². The Kier molecular flexibility index (Phi) is 5.85. The van der Waals surface area contributed by atoms with E-state index in [0.29, 0.717) is 5.69 Å². The van der Waals surface area contributed by atoms with Crippen molar-refractivity contribution < 1.29 is 14.1 Å². The fourth-order valence-electron chi connectivity index (χ4n) is 1.87. The summed E-state index contributed by atoms with van der Waals surface area (Å²) in [6, 6.07) is 5.03. The molecule has 2 heterocycles. The van der Waals surface area contributed by atoms with Gasteiger partial charge in [0.05, 0.1) is 5.69 Å². The van der Waals surface area contributed by atoms with E-state index < -0.39 is 0 Å². The Morgan fingerprint density at radius 3 is 2.74 bits per heavy atom. The highest BCUT2D eigenvalue weighted by Crippen LogP contribution is 2.17. The molecule has 2 N–H and O–H groups in total. The average Bonchev–Trinajstić information content (AvgIpc) is 3.05. The van der Waals surface area contributed by atoms with Crippen LogP contribution in [0.3, 0.4) is 0 Å². The van der Waals surface area contributed by atoms with Crippen LogP contribution in [0.25, 0.3) is 0 Å². The Morgan fingerprint density at radius 2 is 2.04 bits per heavy atom. The Labute approximate surface area is 134 Å². The second-order valence-corrected chi connectivity index (χ2v) is 5.22. The molecule has 0 aliphatic carbocycles. The monoisotopic (exact) mass is 316 g/mol. The van der Waals surface area contributed by atoms with Gasteiger partial charge in [-0.25, -0.2) is 0 Å². The molecule has 1 unspecified atom stereocenters. The van der Waals surface area contributed by atoms with Crippen LogP contribution < -0.4 is 10.6 Å². The second kappa shape index (κ2) is 8.07. The largest absolute Gasteiger partial charge is 0.351 e. The van der Waals surface area contributed by atoms with Gasteiger partial charge in [0.2, 0.25) is 11.7 Å². The number of carbonyl (C=O) groups excluding carboxylic acids is 2. The minimum Gasteiger partial charge on any atom is -0.351 e. The summed E-state index contributed by atoms with van der Waals surface area (Å²) in [5, 5.41) is 9.24. The fourth-order valence-corrected chi connectivity index (χ4v) is 1.87. The summed E-state index contributed by atoms with van der Waals surface area (Å²) in [6.07, 6.45) is 4.27. The van der Waals surface area contributed by atoms with Gasteiger partial charge in [-0.2, -0.15) is 0 Å². The van der Waals surface area contributed by atoms with Crippen LogP contribution >= 0.6 is 0 Å². The molecular weight excluding hydrogens is 296 g/mol. The van der Waals surface area contributed by atoms with Gasteiger partial charge in [-0.1, -0.05) is 19.0 Å². The first kappa shape index (κ1) is 16.7. The third-order valence-electron chi connectivity index (χ3n) is 3.47. The van der Waals surface area contributed by atoms with Crippen LogP contribution in [0.1, 0.15) is 48.9 Å². The van der Waals surface area contributed by atoms with Crippen molar-refractivity contribution in [2.45, 2.75) is 32.6 Å². The molecule has 0 saturated heterocycles. The maximum atomic E-state index is 11.9. The van der Waals surface area contributed by atoms with Crippen LogP contribution in [0.15, 0.2) is 35.1 Å². The highest BCUT2D eigenvalue weighted by molar-refractivity contribution is 5.93. The molecule has 0 aliphatic heterocycles. The lowest BCUT2D eigenvalue weighted by molar-refractivity contribution is -0.116. The molecule has 0 radical (unpaired) electrons. The predicted octanol–water partition coefficient (Wildman–Crippen LogP) is 2.34. The summed E-state index contributed by atoms with van der Waals surface area (Å²) in [5.41, 5.74) is 1.43. The number of hydrogen-bond acceptors (Lipinski definition) is 5. The number of nitrogens with one attached hydrogen (secondary N) is 2. The molecule has 1 atom stereocenters. The minimum absolute atomic E-state index is 0.162. The Balaban J connectivity index is 1.76. The van der Waals surface area contributed by atoms with Gasteiger partial charge in [0.25, 0.3) is 5.91 Å². The predicted molar refractivity (Wildman–Crippen MR) is 85.0 cm³/mol. The lowest BCUT2D eigenvalue weighted by atomic mass is 10.1. The van der Waals surface area contributed by atoms with E-state index in [1.165, 1.54) is 0 Å². The van der Waals surface area contributed by atoms with Crippen LogP contribution in [0.4, 0.5) is 5.69 Å². The number of aromatic nitrogens is 2. The summed E-state index contributed by atoms with van der Waals surface area (Å²) in [7, 11) is 0. The number of hydrogen-bond donors (Lipinski definition) is 2. The Morgan fingerprint density at radius 1 is 1.30 bits per heavy atom. The lowest BCUT2D eigenvalue weighted by Crippen LogP contribution is -2.27. The standard InChI is InChI=1S/C16H20N4O3/c1-3-11(2)13-10-14(23-20-13)16(22)18-9-6-15(21)19-12-4-7-17-8-5-12/h4-5,7-8,10-11H,3,6,9H2,1-2H3,(H,18,22)(H,17,19,21). The Hall–Kier alpha value is -2.70. The summed E-state index contributed by atoms with van der Waals surface area (Å²) < 4.78 is 5.03. The first-order valence-electron chi connectivity index (χ1n) is 7.54. The molecule has 23 heavy (non-hydrogen) atoms. The zero-order chi connectivity index (χ0) is 16.7. The van der Waals surface area contributed by atoms with Crippen molar-refractivity contribution in [1.29, 1.82) is 0 Å². The van der Waals surface area contributed by atoms with Crippen molar-refractivity contribution in [3.8, 4) is 0 Å². The first-order chi connectivity index (χ1) is 11.1. The molecule has 0 aromatic carbocycles. The molecular formula is C16H20N4O3. The normalized spacial score (nSPS) is 11.7. The molecule has 2 rings (SSSR count). The molecule has 7 heteroatoms. The van der Waals surface area contributed by atoms with E-state index >= 15 is 0 Å². The number of rotatable bonds is 7. The molecule has 7 nitrogen and oxygen atoms in total. The minimum atomic E-state index is -0.372. The van der Waals surface area contributed by atoms with Crippen molar-refractivity contribution in [3.05, 3.63) is 42.0 Å². The SMILES string of the molecule is CCC(C)c1cc(C(=O)NCCC(=O)Nc2ccncc2)on1. The molecule has 0 aliphatic rings. The summed E-state index contributed by atoms with van der Waals surface area (Å²) >= 11 is 0. The highest BCUT2D eigenvalue weighted by Gasteiger charge is 2.15. The van der Waals surface area contributed by atoms with Crippen LogP contribution in [-0.2, 0) is 4.79 Å². The van der Waals surface area contributed by atoms with Gasteiger partial charge in [0, 0.05) is 43.0 Å². The van der Waals surface area contributed by atoms with Gasteiger partial charge in [-0.05, 0) is 18.6 Å². The van der Waals surface area contributed by atoms with Crippen molar-refractivity contribution in [1.82, 2.24) is 15.5 Å². The highest BCUT2D eigenvalue weighted by atomic mass is 16.5. The van der Waals surface area contributed by atoms with Gasteiger partial charge in [0.15, 0.2) is 0 Å². The van der Waals surface area contributed by atoms with Crippen LogP contribution in [0.5, 0.6) is 0 Å². The van der Waals surface area contributed by atoms with Gasteiger partial charge < -0.3 is 15.2 Å². The van der Waals surface area contributed by atoms with E-state index in [-0.39, 0.29) is 36.5 Å². The first-order valence-corrected chi connectivity index (χ1v) is 7.54. The van der Waals surface area contributed by atoms with E-state index in [2.05, 4.69) is 20.8 Å². The van der Waals surface area contributed by atoms with Gasteiger partial charge in [0.1, 0.15) is 0 Å². The topological polar surface area (TPSA) is 97.1 Å². The summed E-state index contributed by atoms with van der Waals surface area (Å²) in [5.74, 6) is -0.153. The zero-order valence-electron chi connectivity index (χ0n) is 13.2. The quantitative estimate of drug-likeness (QED) is 0.817. The maximum Gasteiger partial charge on any atom is 0.289 e. The van der Waals surface area contributed by atoms with Crippen LogP contribution in [0, 0.1) is 0 Å². The number of pyridine rings is 1. The number of anilines is 1. The molecule has 2 aromatic rings. The van der Waals surface area contributed by atoms with Crippen molar-refractivity contribution in [2.75, 3.05) is 11.9 Å². The summed E-state index contributed by atoms with van der Waals surface area (Å²) in [4.78, 5) is 27.5. The Bertz CT molecular complexity index is 654. The van der Waals surface area contributed by atoms with Crippen LogP contribution in [0.2, 0.25) is 0 Å². The van der Waals surface area contributed by atoms with Crippen LogP contribution in [-0.4, -0.2) is 28.5 Å². The molecule has 122 valence electrons. The molecule has 2 aromatic heterocycles. The van der Waals surface area contributed by atoms with Gasteiger partial charge in [-0.3, -0.25) is 14.6 Å².